The molecule has 0 aliphatic carbocycles. The average molecular weight is 239 g/mol. The van der Waals surface area contributed by atoms with Crippen molar-refractivity contribution in [1.29, 1.82) is 0 Å². The first-order valence-corrected chi connectivity index (χ1v) is 7.20. The number of thiophene rings is 1. The van der Waals surface area contributed by atoms with Crippen molar-refractivity contribution in [3.8, 4) is 0 Å². The van der Waals surface area contributed by atoms with Gasteiger partial charge in [-0.3, -0.25) is 0 Å². The molecule has 16 heavy (non-hydrogen) atoms. The lowest BCUT2D eigenvalue weighted by Gasteiger charge is -2.23. The summed E-state index contributed by atoms with van der Waals surface area (Å²) >= 11 is 1.79. The topological polar surface area (TPSA) is 21.3 Å². The van der Waals surface area contributed by atoms with Crippen LogP contribution in [0.2, 0.25) is 0 Å². The Kier molecular flexibility index (Phi) is 4.82. The maximum Gasteiger partial charge on any atom is 0.0728 e. The zero-order valence-electron chi connectivity index (χ0n) is 9.95. The van der Waals surface area contributed by atoms with Crippen LogP contribution in [0.3, 0.4) is 0 Å². The maximum atomic E-state index is 5.78. The third kappa shape index (κ3) is 3.30. The Hall–Kier alpha value is -0.380. The van der Waals surface area contributed by atoms with E-state index in [0.717, 1.165) is 13.2 Å². The van der Waals surface area contributed by atoms with E-state index < -0.39 is 0 Å². The lowest BCUT2D eigenvalue weighted by molar-refractivity contribution is 0.0762. The molecule has 1 aromatic heterocycles. The molecule has 1 saturated heterocycles. The Bertz CT molecular complexity index is 280. The highest BCUT2D eigenvalue weighted by atomic mass is 32.1. The number of rotatable bonds is 6. The predicted molar refractivity (Wildman–Crippen MR) is 69.1 cm³/mol. The van der Waals surface area contributed by atoms with Gasteiger partial charge in [0, 0.05) is 12.6 Å². The van der Waals surface area contributed by atoms with Gasteiger partial charge in [-0.1, -0.05) is 6.92 Å². The van der Waals surface area contributed by atoms with Crippen molar-refractivity contribution >= 4 is 11.3 Å². The SMILES string of the molecule is CCNC(CCc1ccsc1)C1CCCO1. The number of nitrogens with one attached hydrogen (secondary N) is 1. The largest absolute Gasteiger partial charge is 0.377 e. The molecule has 90 valence electrons. The van der Waals surface area contributed by atoms with Crippen molar-refractivity contribution in [2.45, 2.75) is 44.8 Å². The molecule has 2 atom stereocenters. The molecule has 2 unspecified atom stereocenters. The minimum Gasteiger partial charge on any atom is -0.377 e. The number of hydrogen-bond donors (Lipinski definition) is 1. The highest BCUT2D eigenvalue weighted by molar-refractivity contribution is 7.07. The lowest BCUT2D eigenvalue weighted by atomic mass is 10.0. The van der Waals surface area contributed by atoms with Gasteiger partial charge in [-0.05, 0) is 54.6 Å². The molecule has 2 nitrogen and oxygen atoms in total. The zero-order chi connectivity index (χ0) is 11.2. The van der Waals surface area contributed by atoms with E-state index in [1.165, 1.54) is 31.2 Å². The summed E-state index contributed by atoms with van der Waals surface area (Å²) in [6, 6.07) is 2.76. The molecule has 3 heteroatoms. The molecule has 2 heterocycles. The van der Waals surface area contributed by atoms with Crippen molar-refractivity contribution in [1.82, 2.24) is 5.32 Å². The van der Waals surface area contributed by atoms with Gasteiger partial charge in [-0.15, -0.1) is 0 Å². The summed E-state index contributed by atoms with van der Waals surface area (Å²) in [6.45, 7) is 4.16. The molecule has 1 aliphatic rings. The van der Waals surface area contributed by atoms with Crippen LogP contribution in [0.25, 0.3) is 0 Å². The van der Waals surface area contributed by atoms with Crippen molar-refractivity contribution in [2.24, 2.45) is 0 Å². The van der Waals surface area contributed by atoms with Gasteiger partial charge in [-0.2, -0.15) is 11.3 Å². The Balaban J connectivity index is 1.82. The van der Waals surface area contributed by atoms with Gasteiger partial charge < -0.3 is 10.1 Å². The molecule has 0 bridgehead atoms. The van der Waals surface area contributed by atoms with Gasteiger partial charge in [0.2, 0.25) is 0 Å². The standard InChI is InChI=1S/C13H21NOS/c1-2-14-12(13-4-3-8-15-13)6-5-11-7-9-16-10-11/h7,9-10,12-14H,2-6,8H2,1H3. The third-order valence-electron chi connectivity index (χ3n) is 3.20. The first-order chi connectivity index (χ1) is 7.90. The highest BCUT2D eigenvalue weighted by Crippen LogP contribution is 2.19. The first kappa shape index (κ1) is 12.1. The third-order valence-corrected chi connectivity index (χ3v) is 3.94. The van der Waals surface area contributed by atoms with E-state index in [9.17, 15) is 0 Å². The van der Waals surface area contributed by atoms with Crippen LogP contribution in [0.15, 0.2) is 16.8 Å². The van der Waals surface area contributed by atoms with Crippen LogP contribution in [-0.4, -0.2) is 25.3 Å². The summed E-state index contributed by atoms with van der Waals surface area (Å²) < 4.78 is 5.78. The zero-order valence-corrected chi connectivity index (χ0v) is 10.8. The summed E-state index contributed by atoms with van der Waals surface area (Å²) in [7, 11) is 0. The summed E-state index contributed by atoms with van der Waals surface area (Å²) in [5, 5.41) is 7.97. The van der Waals surface area contributed by atoms with Gasteiger partial charge in [0.15, 0.2) is 0 Å². The van der Waals surface area contributed by atoms with Crippen LogP contribution >= 0.6 is 11.3 Å². The van der Waals surface area contributed by atoms with Crippen LogP contribution < -0.4 is 5.32 Å². The molecular formula is C13H21NOS. The fourth-order valence-electron chi connectivity index (χ4n) is 2.36. The molecular weight excluding hydrogens is 218 g/mol. The van der Waals surface area contributed by atoms with E-state index >= 15 is 0 Å². The van der Waals surface area contributed by atoms with E-state index in [0.29, 0.717) is 12.1 Å². The van der Waals surface area contributed by atoms with Gasteiger partial charge >= 0.3 is 0 Å². The molecule has 0 radical (unpaired) electrons. The summed E-state index contributed by atoms with van der Waals surface area (Å²) in [4.78, 5) is 0. The monoisotopic (exact) mass is 239 g/mol. The number of hydrogen-bond acceptors (Lipinski definition) is 3. The van der Waals surface area contributed by atoms with E-state index in [-0.39, 0.29) is 0 Å². The van der Waals surface area contributed by atoms with Crippen LogP contribution in [0, 0.1) is 0 Å². The van der Waals surface area contributed by atoms with Gasteiger partial charge in [-0.25, -0.2) is 0 Å². The fourth-order valence-corrected chi connectivity index (χ4v) is 3.06. The molecule has 1 N–H and O–H groups in total. The highest BCUT2D eigenvalue weighted by Gasteiger charge is 2.24. The summed E-state index contributed by atoms with van der Waals surface area (Å²) in [6.07, 6.45) is 5.25. The van der Waals surface area contributed by atoms with E-state index in [2.05, 4.69) is 29.1 Å². The quantitative estimate of drug-likeness (QED) is 0.824. The number of aryl methyl sites for hydroxylation is 1. The van der Waals surface area contributed by atoms with Gasteiger partial charge in [0.05, 0.1) is 6.10 Å². The van der Waals surface area contributed by atoms with Crippen molar-refractivity contribution in [3.05, 3.63) is 22.4 Å². The molecule has 0 saturated carbocycles. The summed E-state index contributed by atoms with van der Waals surface area (Å²) in [5.74, 6) is 0. The number of ether oxygens (including phenoxy) is 1. The van der Waals surface area contributed by atoms with Crippen LogP contribution in [0.5, 0.6) is 0 Å². The van der Waals surface area contributed by atoms with E-state index in [1.807, 2.05) is 0 Å². The molecule has 0 amide bonds. The Morgan fingerprint density at radius 3 is 3.19 bits per heavy atom. The van der Waals surface area contributed by atoms with E-state index in [1.54, 1.807) is 11.3 Å². The Morgan fingerprint density at radius 2 is 2.56 bits per heavy atom. The molecule has 0 aromatic carbocycles. The number of likely N-dealkylation sites (N-methyl/N-ethyl adjacent to an activating group) is 1. The fraction of sp³-hybridized carbons (Fsp3) is 0.692. The molecule has 1 aromatic rings. The van der Waals surface area contributed by atoms with Crippen molar-refractivity contribution in [3.63, 3.8) is 0 Å². The second-order valence-corrected chi connectivity index (χ2v) is 5.17. The van der Waals surface area contributed by atoms with Gasteiger partial charge in [0.1, 0.15) is 0 Å². The smallest absolute Gasteiger partial charge is 0.0728 e. The summed E-state index contributed by atoms with van der Waals surface area (Å²) in [5.41, 5.74) is 1.46. The molecule has 2 rings (SSSR count). The normalized spacial score (nSPS) is 22.4. The van der Waals surface area contributed by atoms with Crippen molar-refractivity contribution < 1.29 is 4.74 Å². The second-order valence-electron chi connectivity index (χ2n) is 4.39. The van der Waals surface area contributed by atoms with E-state index in [4.69, 9.17) is 4.74 Å². The Labute approximate surface area is 102 Å². The lowest BCUT2D eigenvalue weighted by Crippen LogP contribution is -2.39. The second kappa shape index (κ2) is 6.38. The molecule has 1 aliphatic heterocycles. The van der Waals surface area contributed by atoms with Crippen molar-refractivity contribution in [2.75, 3.05) is 13.2 Å². The average Bonchev–Trinajstić information content (AvgIpc) is 2.96. The van der Waals surface area contributed by atoms with Crippen LogP contribution in [0.1, 0.15) is 31.7 Å². The maximum absolute atomic E-state index is 5.78. The Morgan fingerprint density at radius 1 is 1.62 bits per heavy atom. The first-order valence-electron chi connectivity index (χ1n) is 6.26. The van der Waals surface area contributed by atoms with Gasteiger partial charge in [0.25, 0.3) is 0 Å². The minimum absolute atomic E-state index is 0.443. The molecule has 1 fully saturated rings. The molecule has 0 spiro atoms. The van der Waals surface area contributed by atoms with Crippen LogP contribution in [0.4, 0.5) is 0 Å². The predicted octanol–water partition coefficient (Wildman–Crippen LogP) is 2.84. The minimum atomic E-state index is 0.443. The van der Waals surface area contributed by atoms with Crippen LogP contribution in [-0.2, 0) is 11.2 Å².